The molecule has 2 amide bonds. The number of anilines is 1. The molecule has 2 aromatic carbocycles. The number of amides is 2. The fourth-order valence-corrected chi connectivity index (χ4v) is 9.05. The average molecular weight is 665 g/mol. The highest BCUT2D eigenvalue weighted by atomic mass is 35.5. The number of sulfonamides is 1. The highest BCUT2D eigenvalue weighted by molar-refractivity contribution is 7.90. The lowest BCUT2D eigenvalue weighted by molar-refractivity contribution is -0.119. The van der Waals surface area contributed by atoms with Gasteiger partial charge in [0.25, 0.3) is 0 Å². The van der Waals surface area contributed by atoms with E-state index in [2.05, 4.69) is 16.0 Å². The number of hydrogen-bond donors (Lipinski definition) is 3. The number of methoxy groups -OCH3 is 1. The van der Waals surface area contributed by atoms with E-state index in [9.17, 15) is 18.0 Å². The second kappa shape index (κ2) is 14.8. The van der Waals surface area contributed by atoms with Crippen LogP contribution in [0.3, 0.4) is 0 Å². The van der Waals surface area contributed by atoms with Crippen molar-refractivity contribution >= 4 is 39.3 Å². The monoisotopic (exact) mass is 664 g/mol. The molecule has 0 aromatic heterocycles. The van der Waals surface area contributed by atoms with Crippen molar-refractivity contribution in [1.82, 2.24) is 14.9 Å². The molecule has 4 atom stereocenters. The van der Waals surface area contributed by atoms with Gasteiger partial charge in [0, 0.05) is 60.6 Å². The molecular weight excluding hydrogens is 623 g/mol. The second-order valence-electron chi connectivity index (χ2n) is 12.2. The number of alkyl carbamates (subject to hydrolysis) is 1. The van der Waals surface area contributed by atoms with Crippen LogP contribution >= 0.6 is 11.6 Å². The maximum absolute atomic E-state index is 15.4. The first-order chi connectivity index (χ1) is 21.6. The Morgan fingerprint density at radius 2 is 1.82 bits per heavy atom. The molecule has 2 aromatic rings. The normalized spacial score (nSPS) is 22.8. The summed E-state index contributed by atoms with van der Waals surface area (Å²) in [5.74, 6) is -1.47. The molecule has 3 N–H and O–H groups in total. The van der Waals surface area contributed by atoms with Gasteiger partial charge in [0.15, 0.2) is 0 Å². The maximum atomic E-state index is 15.4. The van der Waals surface area contributed by atoms with Gasteiger partial charge in [-0.25, -0.2) is 17.6 Å². The Balaban J connectivity index is 1.41. The number of hydrogen-bond acceptors (Lipinski definition) is 7. The van der Waals surface area contributed by atoms with Crippen molar-refractivity contribution in [3.8, 4) is 0 Å². The van der Waals surface area contributed by atoms with E-state index in [0.717, 1.165) is 5.56 Å². The zero-order valence-electron chi connectivity index (χ0n) is 25.6. The molecule has 2 saturated heterocycles. The van der Waals surface area contributed by atoms with Crippen LogP contribution in [-0.2, 0) is 30.7 Å². The minimum atomic E-state index is -3.44. The van der Waals surface area contributed by atoms with Crippen LogP contribution in [0.1, 0.15) is 56.1 Å². The molecule has 3 fully saturated rings. The van der Waals surface area contributed by atoms with Crippen LogP contribution in [0.15, 0.2) is 42.5 Å². The standard InChI is InChI=1S/C32H42ClFN4O6S/c1-20-18-35-19-24(38(20)45(41,42)25-11-12-25)10-13-26-27(34)4-3-5-28(26)36-31(39)30(37-32(40)43-2)29(22-14-16-44-17-15-22)21-6-8-23(33)9-7-21/h3-9,20,22,24-25,29-30,35H,10-19H2,1-2H3,(H,36,39)(H,37,40). The molecule has 5 rings (SSSR count). The molecule has 246 valence electrons. The van der Waals surface area contributed by atoms with Crippen LogP contribution in [0.5, 0.6) is 0 Å². The first-order valence-electron chi connectivity index (χ1n) is 15.6. The van der Waals surface area contributed by atoms with Gasteiger partial charge in [-0.15, -0.1) is 0 Å². The molecule has 1 saturated carbocycles. The summed E-state index contributed by atoms with van der Waals surface area (Å²) in [5.41, 5.74) is 1.36. The lowest BCUT2D eigenvalue weighted by Gasteiger charge is -2.40. The number of carbonyl (C=O) groups is 2. The largest absolute Gasteiger partial charge is 0.453 e. The molecule has 0 radical (unpaired) electrons. The van der Waals surface area contributed by atoms with E-state index >= 15 is 4.39 Å². The van der Waals surface area contributed by atoms with Gasteiger partial charge in [0.05, 0.1) is 12.4 Å². The van der Waals surface area contributed by atoms with E-state index in [0.29, 0.717) is 63.4 Å². The van der Waals surface area contributed by atoms with Crippen LogP contribution < -0.4 is 16.0 Å². The third-order valence-corrected chi connectivity index (χ3v) is 11.9. The van der Waals surface area contributed by atoms with Crippen molar-refractivity contribution in [3.05, 3.63) is 64.4 Å². The number of nitrogens with one attached hydrogen (secondary N) is 3. The van der Waals surface area contributed by atoms with E-state index in [-0.39, 0.29) is 40.9 Å². The topological polar surface area (TPSA) is 126 Å². The summed E-state index contributed by atoms with van der Waals surface area (Å²) >= 11 is 6.17. The third kappa shape index (κ3) is 7.97. The Morgan fingerprint density at radius 1 is 1.11 bits per heavy atom. The fraction of sp³-hybridized carbons (Fsp3) is 0.562. The highest BCUT2D eigenvalue weighted by Crippen LogP contribution is 2.37. The molecule has 45 heavy (non-hydrogen) atoms. The zero-order chi connectivity index (χ0) is 32.1. The van der Waals surface area contributed by atoms with Gasteiger partial charge in [0.1, 0.15) is 11.9 Å². The molecular formula is C32H42ClFN4O6S. The molecule has 13 heteroatoms. The summed E-state index contributed by atoms with van der Waals surface area (Å²) < 4.78 is 54.1. The molecule has 2 aliphatic heterocycles. The molecule has 2 heterocycles. The van der Waals surface area contributed by atoms with Gasteiger partial charge in [-0.05, 0) is 81.2 Å². The SMILES string of the molecule is COC(=O)NC(C(=O)Nc1cccc(F)c1CCC1CNCC(C)N1S(=O)(=O)C1CC1)C(c1ccc(Cl)cc1)C1CCOCC1. The van der Waals surface area contributed by atoms with E-state index in [4.69, 9.17) is 21.1 Å². The van der Waals surface area contributed by atoms with Crippen molar-refractivity contribution < 1.29 is 31.9 Å². The van der Waals surface area contributed by atoms with Gasteiger partial charge < -0.3 is 25.4 Å². The predicted octanol–water partition coefficient (Wildman–Crippen LogP) is 4.44. The van der Waals surface area contributed by atoms with Crippen LogP contribution in [0, 0.1) is 11.7 Å². The summed E-state index contributed by atoms with van der Waals surface area (Å²) in [7, 11) is -2.21. The number of piperazine rings is 1. The first kappa shape index (κ1) is 33.6. The van der Waals surface area contributed by atoms with Gasteiger partial charge in [-0.3, -0.25) is 4.79 Å². The average Bonchev–Trinajstić information content (AvgIpc) is 3.88. The minimum absolute atomic E-state index is 0.00000193. The Bertz CT molecular complexity index is 1450. The number of halogens is 2. The summed E-state index contributed by atoms with van der Waals surface area (Å²) in [6.07, 6.45) is 2.50. The predicted molar refractivity (Wildman–Crippen MR) is 170 cm³/mol. The van der Waals surface area contributed by atoms with Crippen molar-refractivity contribution in [3.63, 3.8) is 0 Å². The molecule has 1 aliphatic carbocycles. The van der Waals surface area contributed by atoms with Crippen molar-refractivity contribution in [1.29, 1.82) is 0 Å². The lowest BCUT2D eigenvalue weighted by atomic mass is 9.76. The van der Waals surface area contributed by atoms with Crippen LogP contribution in [0.4, 0.5) is 14.9 Å². The van der Waals surface area contributed by atoms with Gasteiger partial charge in [-0.2, -0.15) is 4.31 Å². The molecule has 0 spiro atoms. The second-order valence-corrected chi connectivity index (χ2v) is 14.7. The van der Waals surface area contributed by atoms with Crippen LogP contribution in [0.25, 0.3) is 0 Å². The number of benzene rings is 2. The van der Waals surface area contributed by atoms with Gasteiger partial charge in [0.2, 0.25) is 15.9 Å². The van der Waals surface area contributed by atoms with E-state index in [1.165, 1.54) is 19.2 Å². The summed E-state index contributed by atoms with van der Waals surface area (Å²) in [4.78, 5) is 26.7. The van der Waals surface area contributed by atoms with Crippen LogP contribution in [-0.4, -0.2) is 81.5 Å². The number of rotatable bonds is 11. The van der Waals surface area contributed by atoms with E-state index in [1.807, 2.05) is 19.1 Å². The Kier molecular flexibility index (Phi) is 11.0. The third-order valence-electron chi connectivity index (χ3n) is 9.09. The number of ether oxygens (including phenoxy) is 2. The Labute approximate surface area is 269 Å². The Hall–Kier alpha value is -2.77. The van der Waals surface area contributed by atoms with Crippen molar-refractivity contribution in [2.24, 2.45) is 5.92 Å². The first-order valence-corrected chi connectivity index (χ1v) is 17.5. The maximum Gasteiger partial charge on any atom is 0.407 e. The quantitative estimate of drug-likeness (QED) is 0.324. The molecule has 4 unspecified atom stereocenters. The van der Waals surface area contributed by atoms with Gasteiger partial charge >= 0.3 is 6.09 Å². The summed E-state index contributed by atoms with van der Waals surface area (Å²) in [6.45, 7) is 3.96. The summed E-state index contributed by atoms with van der Waals surface area (Å²) in [6, 6.07) is 10.0. The lowest BCUT2D eigenvalue weighted by Crippen LogP contribution is -2.59. The van der Waals surface area contributed by atoms with E-state index < -0.39 is 39.8 Å². The fourth-order valence-electron chi connectivity index (χ4n) is 6.68. The Morgan fingerprint density at radius 3 is 2.49 bits per heavy atom. The number of carbonyl (C=O) groups excluding carboxylic acids is 2. The van der Waals surface area contributed by atoms with Crippen molar-refractivity contribution in [2.75, 3.05) is 38.7 Å². The zero-order valence-corrected chi connectivity index (χ0v) is 27.2. The molecule has 3 aliphatic rings. The number of nitrogens with zero attached hydrogens (tertiary/aromatic N) is 1. The van der Waals surface area contributed by atoms with Crippen molar-refractivity contribution in [2.45, 2.75) is 74.7 Å². The smallest absolute Gasteiger partial charge is 0.407 e. The molecule has 0 bridgehead atoms. The van der Waals surface area contributed by atoms with Crippen LogP contribution in [0.2, 0.25) is 5.02 Å². The highest BCUT2D eigenvalue weighted by Gasteiger charge is 2.46. The van der Waals surface area contributed by atoms with Gasteiger partial charge in [-0.1, -0.05) is 29.8 Å². The summed E-state index contributed by atoms with van der Waals surface area (Å²) in [5, 5.41) is 9.14. The minimum Gasteiger partial charge on any atom is -0.453 e. The van der Waals surface area contributed by atoms with E-state index in [1.54, 1.807) is 22.5 Å². The molecule has 10 nitrogen and oxygen atoms in total.